The van der Waals surface area contributed by atoms with Crippen LogP contribution in [0.5, 0.6) is 0 Å². The fourth-order valence-electron chi connectivity index (χ4n) is 4.51. The normalized spacial score (nSPS) is 24.5. The molecule has 126 valence electrons. The van der Waals surface area contributed by atoms with E-state index >= 15 is 0 Å². The number of hydrogen-bond donors (Lipinski definition) is 0. The molecule has 0 bridgehead atoms. The lowest BCUT2D eigenvalue weighted by Crippen LogP contribution is -2.46. The summed E-state index contributed by atoms with van der Waals surface area (Å²) in [4.78, 5) is 2.46. The molecule has 3 heteroatoms. The van der Waals surface area contributed by atoms with E-state index < -0.39 is 0 Å². The van der Waals surface area contributed by atoms with Crippen LogP contribution in [0, 0.1) is 5.92 Å². The second kappa shape index (κ2) is 5.85. The highest BCUT2D eigenvalue weighted by atomic mass is 15.4. The number of benzene rings is 1. The van der Waals surface area contributed by atoms with Gasteiger partial charge in [-0.25, -0.2) is 0 Å². The van der Waals surface area contributed by atoms with Crippen molar-refractivity contribution in [1.82, 2.24) is 9.78 Å². The van der Waals surface area contributed by atoms with Gasteiger partial charge >= 0.3 is 0 Å². The van der Waals surface area contributed by atoms with Crippen molar-refractivity contribution in [2.45, 2.75) is 65.3 Å². The number of anilines is 1. The molecule has 1 fully saturated rings. The second-order valence-corrected chi connectivity index (χ2v) is 7.46. The SMILES string of the molecule is CCc1ccc2c(N(C)C3(C)CCCC3C)nn(C)c2c1CC. The molecule has 2 aromatic rings. The van der Waals surface area contributed by atoms with E-state index in [-0.39, 0.29) is 5.54 Å². The minimum Gasteiger partial charge on any atom is -0.352 e. The van der Waals surface area contributed by atoms with Crippen LogP contribution in [-0.2, 0) is 19.9 Å². The second-order valence-electron chi connectivity index (χ2n) is 7.46. The first-order valence-electron chi connectivity index (χ1n) is 9.15. The highest BCUT2D eigenvalue weighted by Gasteiger charge is 2.40. The van der Waals surface area contributed by atoms with Crippen LogP contribution < -0.4 is 4.90 Å². The summed E-state index contributed by atoms with van der Waals surface area (Å²) in [7, 11) is 4.33. The van der Waals surface area contributed by atoms with Crippen molar-refractivity contribution >= 4 is 16.7 Å². The average Bonchev–Trinajstić information content (AvgIpc) is 3.07. The molecule has 0 amide bonds. The van der Waals surface area contributed by atoms with Gasteiger partial charge in [-0.05, 0) is 55.7 Å². The summed E-state index contributed by atoms with van der Waals surface area (Å²) in [5.74, 6) is 1.86. The van der Waals surface area contributed by atoms with Gasteiger partial charge in [-0.15, -0.1) is 0 Å². The quantitative estimate of drug-likeness (QED) is 0.815. The van der Waals surface area contributed by atoms with E-state index in [1.807, 2.05) is 0 Å². The van der Waals surface area contributed by atoms with Gasteiger partial charge in [0.25, 0.3) is 0 Å². The van der Waals surface area contributed by atoms with Crippen molar-refractivity contribution in [3.8, 4) is 0 Å². The van der Waals surface area contributed by atoms with E-state index in [9.17, 15) is 0 Å². The van der Waals surface area contributed by atoms with E-state index in [2.05, 4.69) is 63.5 Å². The van der Waals surface area contributed by atoms with E-state index in [0.29, 0.717) is 5.92 Å². The van der Waals surface area contributed by atoms with Crippen LogP contribution in [0.15, 0.2) is 12.1 Å². The van der Waals surface area contributed by atoms with Gasteiger partial charge in [0, 0.05) is 25.0 Å². The number of rotatable bonds is 4. The molecule has 3 rings (SSSR count). The molecule has 0 radical (unpaired) electrons. The van der Waals surface area contributed by atoms with Gasteiger partial charge in [-0.2, -0.15) is 5.10 Å². The van der Waals surface area contributed by atoms with Gasteiger partial charge in [0.05, 0.1) is 5.52 Å². The Morgan fingerprint density at radius 1 is 1.30 bits per heavy atom. The predicted molar refractivity (Wildman–Crippen MR) is 99.3 cm³/mol. The summed E-state index contributed by atoms with van der Waals surface area (Å²) in [5.41, 5.74) is 4.46. The predicted octanol–water partition coefficient (Wildman–Crippen LogP) is 4.71. The average molecular weight is 313 g/mol. The van der Waals surface area contributed by atoms with Crippen LogP contribution in [0.4, 0.5) is 5.82 Å². The molecule has 2 atom stereocenters. The molecule has 0 saturated heterocycles. The summed E-state index contributed by atoms with van der Waals surface area (Å²) < 4.78 is 2.10. The highest BCUT2D eigenvalue weighted by molar-refractivity contribution is 5.93. The first-order valence-corrected chi connectivity index (χ1v) is 9.15. The minimum absolute atomic E-state index is 0.219. The van der Waals surface area contributed by atoms with Crippen molar-refractivity contribution in [2.24, 2.45) is 13.0 Å². The fourth-order valence-corrected chi connectivity index (χ4v) is 4.51. The Morgan fingerprint density at radius 3 is 2.61 bits per heavy atom. The number of nitrogens with zero attached hydrogens (tertiary/aromatic N) is 3. The van der Waals surface area contributed by atoms with Crippen molar-refractivity contribution in [3.05, 3.63) is 23.3 Å². The molecule has 23 heavy (non-hydrogen) atoms. The lowest BCUT2D eigenvalue weighted by molar-refractivity contribution is 0.352. The summed E-state index contributed by atoms with van der Waals surface area (Å²) in [6.45, 7) is 9.29. The molecular formula is C20H31N3. The van der Waals surface area contributed by atoms with Crippen molar-refractivity contribution in [2.75, 3.05) is 11.9 Å². The molecule has 1 aliphatic rings. The van der Waals surface area contributed by atoms with Crippen molar-refractivity contribution in [3.63, 3.8) is 0 Å². The molecule has 2 unspecified atom stereocenters. The Kier molecular flexibility index (Phi) is 4.16. The molecule has 0 N–H and O–H groups in total. The monoisotopic (exact) mass is 313 g/mol. The minimum atomic E-state index is 0.219. The van der Waals surface area contributed by atoms with Crippen LogP contribution in [0.1, 0.15) is 58.1 Å². The Labute approximate surface area is 140 Å². The van der Waals surface area contributed by atoms with Crippen molar-refractivity contribution < 1.29 is 0 Å². The Balaban J connectivity index is 2.16. The van der Waals surface area contributed by atoms with Gasteiger partial charge in [0.1, 0.15) is 0 Å². The Morgan fingerprint density at radius 2 is 2.04 bits per heavy atom. The molecule has 1 heterocycles. The third-order valence-electron chi connectivity index (χ3n) is 6.39. The molecule has 0 spiro atoms. The molecule has 3 nitrogen and oxygen atoms in total. The summed E-state index contributed by atoms with van der Waals surface area (Å²) in [6.07, 6.45) is 6.07. The smallest absolute Gasteiger partial charge is 0.158 e. The van der Waals surface area contributed by atoms with Crippen LogP contribution in [0.25, 0.3) is 10.9 Å². The van der Waals surface area contributed by atoms with Gasteiger partial charge in [-0.3, -0.25) is 4.68 Å². The molecule has 1 saturated carbocycles. The summed E-state index contributed by atoms with van der Waals surface area (Å²) >= 11 is 0. The summed E-state index contributed by atoms with van der Waals surface area (Å²) in [5, 5.41) is 6.25. The number of aromatic nitrogens is 2. The highest BCUT2D eigenvalue weighted by Crippen LogP contribution is 2.43. The van der Waals surface area contributed by atoms with Crippen LogP contribution in [0.3, 0.4) is 0 Å². The zero-order valence-corrected chi connectivity index (χ0v) is 15.6. The third-order valence-corrected chi connectivity index (χ3v) is 6.39. The van der Waals surface area contributed by atoms with E-state index in [1.165, 1.54) is 41.3 Å². The maximum absolute atomic E-state index is 4.94. The lowest BCUT2D eigenvalue weighted by Gasteiger charge is -2.39. The Bertz CT molecular complexity index is 715. The molecule has 1 aromatic carbocycles. The van der Waals surface area contributed by atoms with Gasteiger partial charge < -0.3 is 4.90 Å². The molecule has 1 aliphatic carbocycles. The zero-order valence-electron chi connectivity index (χ0n) is 15.6. The molecule has 1 aromatic heterocycles. The standard InChI is InChI=1S/C20H31N3/c1-7-15-11-12-17-18(16(15)8-2)23(6)21-19(17)22(5)20(4)13-9-10-14(20)3/h11-12,14H,7-10,13H2,1-6H3. The largest absolute Gasteiger partial charge is 0.352 e. The van der Waals surface area contributed by atoms with Gasteiger partial charge in [-0.1, -0.05) is 33.3 Å². The van der Waals surface area contributed by atoms with Crippen LogP contribution in [0.2, 0.25) is 0 Å². The van der Waals surface area contributed by atoms with E-state index in [4.69, 9.17) is 5.10 Å². The number of fused-ring (bicyclic) bond motifs is 1. The molecule has 0 aliphatic heterocycles. The maximum Gasteiger partial charge on any atom is 0.158 e. The number of aryl methyl sites for hydroxylation is 3. The maximum atomic E-state index is 4.94. The van der Waals surface area contributed by atoms with Gasteiger partial charge in [0.2, 0.25) is 0 Å². The lowest BCUT2D eigenvalue weighted by atomic mass is 9.88. The number of hydrogen-bond acceptors (Lipinski definition) is 2. The van der Waals surface area contributed by atoms with Crippen molar-refractivity contribution in [1.29, 1.82) is 0 Å². The zero-order chi connectivity index (χ0) is 16.8. The van der Waals surface area contributed by atoms with Crippen LogP contribution >= 0.6 is 0 Å². The van der Waals surface area contributed by atoms with E-state index in [1.54, 1.807) is 0 Å². The van der Waals surface area contributed by atoms with E-state index in [0.717, 1.165) is 18.7 Å². The molecular weight excluding hydrogens is 282 g/mol. The fraction of sp³-hybridized carbons (Fsp3) is 0.650. The first kappa shape index (κ1) is 16.4. The van der Waals surface area contributed by atoms with Gasteiger partial charge in [0.15, 0.2) is 5.82 Å². The van der Waals surface area contributed by atoms with Crippen LogP contribution in [-0.4, -0.2) is 22.4 Å². The third kappa shape index (κ3) is 2.36. The topological polar surface area (TPSA) is 21.1 Å². The Hall–Kier alpha value is -1.51. The summed E-state index contributed by atoms with van der Waals surface area (Å²) in [6, 6.07) is 4.59. The first-order chi connectivity index (χ1) is 10.9.